The van der Waals surface area contributed by atoms with Gasteiger partial charge in [0.1, 0.15) is 0 Å². The van der Waals surface area contributed by atoms with E-state index in [1.165, 1.54) is 13.6 Å². The molecule has 0 radical (unpaired) electrons. The fraction of sp³-hybridized carbons (Fsp3) is 0.333. The molecule has 0 aromatic heterocycles. The zero-order chi connectivity index (χ0) is 2.83. The molecule has 1 heterocycles. The minimum Gasteiger partial charge on any atom is -0.124 e. The molecule has 0 unspecified atom stereocenters. The minimum atomic E-state index is 1.32. The van der Waals surface area contributed by atoms with Gasteiger partial charge < -0.3 is 0 Å². The van der Waals surface area contributed by atoms with Crippen LogP contribution in [0.4, 0.5) is 0 Å². The van der Waals surface area contributed by atoms with Gasteiger partial charge in [-0.25, -0.2) is 0 Å². The van der Waals surface area contributed by atoms with Crippen LogP contribution in [0.2, 0.25) is 6.32 Å². The fourth-order valence-corrected chi connectivity index (χ4v) is 0.167. The van der Waals surface area contributed by atoms with E-state index in [9.17, 15) is 0 Å². The van der Waals surface area contributed by atoms with Crippen LogP contribution in [0, 0.1) is 0 Å². The SMILES string of the molecule is B1C=CC1. The number of rotatable bonds is 0. The molecule has 20 valence electrons. The van der Waals surface area contributed by atoms with Gasteiger partial charge >= 0.3 is 0 Å². The van der Waals surface area contributed by atoms with E-state index in [0.29, 0.717) is 0 Å². The summed E-state index contributed by atoms with van der Waals surface area (Å²) < 4.78 is 0. The quantitative estimate of drug-likeness (QED) is 0.349. The second-order valence-corrected chi connectivity index (χ2v) is 1.05. The van der Waals surface area contributed by atoms with Crippen molar-refractivity contribution in [3.8, 4) is 0 Å². The second-order valence-electron chi connectivity index (χ2n) is 1.05. The second kappa shape index (κ2) is 0.631. The third-order valence-corrected chi connectivity index (χ3v) is 0.667. The van der Waals surface area contributed by atoms with Crippen molar-refractivity contribution in [2.24, 2.45) is 0 Å². The van der Waals surface area contributed by atoms with Gasteiger partial charge in [0.15, 0.2) is 7.28 Å². The minimum absolute atomic E-state index is 1.32. The van der Waals surface area contributed by atoms with E-state index >= 15 is 0 Å². The van der Waals surface area contributed by atoms with E-state index in [-0.39, 0.29) is 0 Å². The van der Waals surface area contributed by atoms with E-state index in [1.54, 1.807) is 0 Å². The zero-order valence-corrected chi connectivity index (χ0v) is 2.57. The summed E-state index contributed by atoms with van der Waals surface area (Å²) in [5, 5.41) is 0. The normalized spacial score (nSPS) is 18.0. The molecular formula is C3H5B. The van der Waals surface area contributed by atoms with Crippen molar-refractivity contribution in [2.75, 3.05) is 0 Å². The first-order chi connectivity index (χ1) is 2.00. The highest BCUT2D eigenvalue weighted by Crippen LogP contribution is 1.91. The average molecular weight is 51.9 g/mol. The maximum atomic E-state index is 2.18. The molecule has 0 atom stereocenters. The Kier molecular flexibility index (Phi) is 0.326. The third-order valence-electron chi connectivity index (χ3n) is 0.667. The molecule has 0 amide bonds. The molecule has 0 saturated heterocycles. The van der Waals surface area contributed by atoms with Crippen molar-refractivity contribution < 1.29 is 0 Å². The van der Waals surface area contributed by atoms with Crippen LogP contribution in [0.5, 0.6) is 0 Å². The van der Waals surface area contributed by atoms with Crippen LogP contribution in [0.1, 0.15) is 0 Å². The van der Waals surface area contributed by atoms with Gasteiger partial charge in [0.25, 0.3) is 0 Å². The molecular weight excluding hydrogens is 46.8 g/mol. The highest BCUT2D eigenvalue weighted by atomic mass is 13.6. The van der Waals surface area contributed by atoms with Gasteiger partial charge in [-0.2, -0.15) is 0 Å². The summed E-state index contributed by atoms with van der Waals surface area (Å²) in [5.74, 6) is 2.18. The maximum Gasteiger partial charge on any atom is 0.151 e. The molecule has 1 aliphatic heterocycles. The Morgan fingerprint density at radius 3 is 2.00 bits per heavy atom. The predicted molar refractivity (Wildman–Crippen MR) is 21.1 cm³/mol. The summed E-state index contributed by atoms with van der Waals surface area (Å²) in [4.78, 5) is 0. The lowest BCUT2D eigenvalue weighted by Gasteiger charge is -1.89. The lowest BCUT2D eigenvalue weighted by molar-refractivity contribution is 1.64. The van der Waals surface area contributed by atoms with Crippen LogP contribution in [0.15, 0.2) is 12.1 Å². The first-order valence-corrected chi connectivity index (χ1v) is 1.65. The summed E-state index contributed by atoms with van der Waals surface area (Å²) in [6.45, 7) is 0. The summed E-state index contributed by atoms with van der Waals surface area (Å²) in [5.41, 5.74) is 0. The third kappa shape index (κ3) is 0.0808. The fourth-order valence-electron chi connectivity index (χ4n) is 0.167. The molecule has 0 bridgehead atoms. The van der Waals surface area contributed by atoms with Gasteiger partial charge in [-0.05, 0) is 0 Å². The molecule has 0 aromatic carbocycles. The first kappa shape index (κ1) is 2.07. The van der Waals surface area contributed by atoms with E-state index < -0.39 is 0 Å². The molecule has 0 nitrogen and oxygen atoms in total. The molecule has 1 heteroatoms. The van der Waals surface area contributed by atoms with Gasteiger partial charge in [0.2, 0.25) is 0 Å². The first-order valence-electron chi connectivity index (χ1n) is 1.65. The molecule has 0 N–H and O–H groups in total. The Balaban J connectivity index is 2.47. The molecule has 1 rings (SSSR count). The van der Waals surface area contributed by atoms with Crippen molar-refractivity contribution in [3.05, 3.63) is 12.1 Å². The molecule has 0 aliphatic carbocycles. The Morgan fingerprint density at radius 2 is 2.00 bits per heavy atom. The van der Waals surface area contributed by atoms with Crippen molar-refractivity contribution in [1.82, 2.24) is 0 Å². The molecule has 0 aromatic rings. The highest BCUT2D eigenvalue weighted by Gasteiger charge is 1.85. The molecule has 1 aliphatic rings. The lowest BCUT2D eigenvalue weighted by Crippen LogP contribution is -1.87. The average Bonchev–Trinajstić information content (AvgIpc) is 0.722. The van der Waals surface area contributed by atoms with E-state index in [2.05, 4.69) is 12.1 Å². The predicted octanol–water partition coefficient (Wildman–Crippen LogP) is 0.368. The Morgan fingerprint density at radius 1 is 1.75 bits per heavy atom. The summed E-state index contributed by atoms with van der Waals surface area (Å²) in [6.07, 6.45) is 3.50. The van der Waals surface area contributed by atoms with Gasteiger partial charge in [0, 0.05) is 0 Å². The topological polar surface area (TPSA) is 0 Å². The van der Waals surface area contributed by atoms with Crippen molar-refractivity contribution in [3.63, 3.8) is 0 Å². The van der Waals surface area contributed by atoms with Crippen LogP contribution in [0.25, 0.3) is 0 Å². The van der Waals surface area contributed by atoms with Crippen LogP contribution in [-0.2, 0) is 0 Å². The number of hydrogen-bond donors (Lipinski definition) is 0. The van der Waals surface area contributed by atoms with E-state index in [0.717, 1.165) is 0 Å². The molecule has 0 fully saturated rings. The van der Waals surface area contributed by atoms with Gasteiger partial charge in [-0.3, -0.25) is 0 Å². The smallest absolute Gasteiger partial charge is 0.124 e. The summed E-state index contributed by atoms with van der Waals surface area (Å²) >= 11 is 0. The van der Waals surface area contributed by atoms with E-state index in [1.807, 2.05) is 0 Å². The highest BCUT2D eigenvalue weighted by molar-refractivity contribution is 6.46. The van der Waals surface area contributed by atoms with Gasteiger partial charge in [-0.15, -0.1) is 12.1 Å². The Bertz CT molecular complexity index is 32.5. The number of allylic oxidation sites excluding steroid dienone is 1. The maximum absolute atomic E-state index is 2.18. The zero-order valence-electron chi connectivity index (χ0n) is 2.57. The van der Waals surface area contributed by atoms with Crippen LogP contribution in [0.3, 0.4) is 0 Å². The molecule has 4 heavy (non-hydrogen) atoms. The monoisotopic (exact) mass is 52.0 g/mol. The van der Waals surface area contributed by atoms with Crippen molar-refractivity contribution in [1.29, 1.82) is 0 Å². The Labute approximate surface area is 26.8 Å². The van der Waals surface area contributed by atoms with Crippen LogP contribution >= 0.6 is 0 Å². The van der Waals surface area contributed by atoms with E-state index in [4.69, 9.17) is 0 Å². The summed E-state index contributed by atoms with van der Waals surface area (Å²) in [7, 11) is 1.32. The van der Waals surface area contributed by atoms with Crippen LogP contribution < -0.4 is 0 Å². The Hall–Kier alpha value is -0.195. The largest absolute Gasteiger partial charge is 0.151 e. The number of hydrogen-bond acceptors (Lipinski definition) is 0. The van der Waals surface area contributed by atoms with Gasteiger partial charge in [0.05, 0.1) is 0 Å². The van der Waals surface area contributed by atoms with Gasteiger partial charge in [-0.1, -0.05) is 6.32 Å². The molecule has 0 spiro atoms. The van der Waals surface area contributed by atoms with Crippen molar-refractivity contribution in [2.45, 2.75) is 6.32 Å². The molecule has 0 saturated carbocycles. The lowest BCUT2D eigenvalue weighted by atomic mass is 9.66. The summed E-state index contributed by atoms with van der Waals surface area (Å²) in [6, 6.07) is 0. The van der Waals surface area contributed by atoms with Crippen molar-refractivity contribution >= 4 is 7.28 Å². The standard InChI is InChI=1S/C3H5B/c1-2-4-3-1/h1-2,4H,3H2. The van der Waals surface area contributed by atoms with Crippen LogP contribution in [-0.4, -0.2) is 7.28 Å².